The van der Waals surface area contributed by atoms with E-state index in [0.717, 1.165) is 18.3 Å². The van der Waals surface area contributed by atoms with Gasteiger partial charge in [-0.3, -0.25) is 9.78 Å². The van der Waals surface area contributed by atoms with Gasteiger partial charge in [0.2, 0.25) is 0 Å². The molecule has 39 heavy (non-hydrogen) atoms. The molecule has 1 aromatic heterocycles. The molecule has 3 aromatic rings. The Hall–Kier alpha value is -3.51. The van der Waals surface area contributed by atoms with Crippen LogP contribution >= 0.6 is 0 Å². The van der Waals surface area contributed by atoms with E-state index in [2.05, 4.69) is 10.3 Å². The van der Waals surface area contributed by atoms with E-state index in [1.165, 1.54) is 49.4 Å². The molecule has 0 fully saturated rings. The van der Waals surface area contributed by atoms with Crippen LogP contribution in [-0.2, 0) is 22.6 Å². The first-order valence-electron chi connectivity index (χ1n) is 12.1. The highest BCUT2D eigenvalue weighted by molar-refractivity contribution is 7.91. The molecule has 2 aromatic carbocycles. The van der Waals surface area contributed by atoms with Crippen LogP contribution in [0.15, 0.2) is 65.7 Å². The molecular formula is C27H29F4N3O4S. The van der Waals surface area contributed by atoms with Crippen molar-refractivity contribution in [2.75, 3.05) is 17.3 Å². The standard InChI is InChI=1S/C27H29F4N3O4S/c1-4-39(37,38)21-9-6-19(7-10-21)23(16-35)33-26(36)20-8-11-24(22(28)13-20)34(17(2)3)15-18-5-12-25(32-14-18)27(29,30)31/h5-14,17,23,35H,4,15-16H2,1-3H3,(H,33,36)/t23-/m0/s1. The van der Waals surface area contributed by atoms with Crippen molar-refractivity contribution in [3.63, 3.8) is 0 Å². The number of hydrogen-bond acceptors (Lipinski definition) is 6. The van der Waals surface area contributed by atoms with Crippen LogP contribution < -0.4 is 10.2 Å². The third-order valence-electron chi connectivity index (χ3n) is 6.12. The molecular weight excluding hydrogens is 538 g/mol. The lowest BCUT2D eigenvalue weighted by Gasteiger charge is -2.29. The van der Waals surface area contributed by atoms with Crippen LogP contribution in [-0.4, -0.2) is 42.8 Å². The van der Waals surface area contributed by atoms with E-state index >= 15 is 4.39 Å². The molecule has 0 spiro atoms. The van der Waals surface area contributed by atoms with Crippen LogP contribution in [0.1, 0.15) is 54.0 Å². The van der Waals surface area contributed by atoms with Gasteiger partial charge in [0.15, 0.2) is 9.84 Å². The van der Waals surface area contributed by atoms with Crippen molar-refractivity contribution in [1.29, 1.82) is 0 Å². The van der Waals surface area contributed by atoms with Crippen molar-refractivity contribution in [2.45, 2.75) is 50.5 Å². The third-order valence-corrected chi connectivity index (χ3v) is 7.87. The first kappa shape index (κ1) is 30.0. The lowest BCUT2D eigenvalue weighted by Crippen LogP contribution is -2.32. The SMILES string of the molecule is CCS(=O)(=O)c1ccc([C@H](CO)NC(=O)c2ccc(N(Cc3ccc(C(F)(F)F)nc3)C(C)C)c(F)c2)cc1. The van der Waals surface area contributed by atoms with Crippen LogP contribution in [0.25, 0.3) is 0 Å². The van der Waals surface area contributed by atoms with Gasteiger partial charge in [0.25, 0.3) is 5.91 Å². The molecule has 2 N–H and O–H groups in total. The summed E-state index contributed by atoms with van der Waals surface area (Å²) in [5.41, 5.74) is 0.0234. The number of carbonyl (C=O) groups excluding carboxylic acids is 1. The van der Waals surface area contributed by atoms with E-state index in [9.17, 15) is 31.5 Å². The lowest BCUT2D eigenvalue weighted by atomic mass is 10.1. The van der Waals surface area contributed by atoms with E-state index in [0.29, 0.717) is 11.1 Å². The molecule has 210 valence electrons. The van der Waals surface area contributed by atoms with Crippen molar-refractivity contribution in [3.8, 4) is 0 Å². The van der Waals surface area contributed by atoms with Crippen LogP contribution in [0.2, 0.25) is 0 Å². The Kier molecular flexibility index (Phi) is 9.34. The zero-order valence-corrected chi connectivity index (χ0v) is 22.4. The van der Waals surface area contributed by atoms with Crippen molar-refractivity contribution in [2.24, 2.45) is 0 Å². The first-order valence-corrected chi connectivity index (χ1v) is 13.7. The number of anilines is 1. The highest BCUT2D eigenvalue weighted by atomic mass is 32.2. The summed E-state index contributed by atoms with van der Waals surface area (Å²) in [4.78, 5) is 18.0. The Morgan fingerprint density at radius 1 is 1.08 bits per heavy atom. The average Bonchev–Trinajstić information content (AvgIpc) is 2.90. The average molecular weight is 568 g/mol. The molecule has 12 heteroatoms. The minimum Gasteiger partial charge on any atom is -0.394 e. The molecule has 0 radical (unpaired) electrons. The normalized spacial score (nSPS) is 12.8. The number of aliphatic hydroxyl groups is 1. The third kappa shape index (κ3) is 7.33. The van der Waals surface area contributed by atoms with Crippen LogP contribution in [0.3, 0.4) is 0 Å². The van der Waals surface area contributed by atoms with Crippen LogP contribution in [0.4, 0.5) is 23.2 Å². The molecule has 3 rings (SSSR count). The van der Waals surface area contributed by atoms with Gasteiger partial charge >= 0.3 is 6.18 Å². The van der Waals surface area contributed by atoms with Crippen molar-refractivity contribution in [3.05, 3.63) is 89.0 Å². The Morgan fingerprint density at radius 3 is 2.23 bits per heavy atom. The zero-order chi connectivity index (χ0) is 29.0. The summed E-state index contributed by atoms with van der Waals surface area (Å²) >= 11 is 0. The molecule has 0 unspecified atom stereocenters. The Bertz CT molecular complexity index is 1390. The zero-order valence-electron chi connectivity index (χ0n) is 21.5. The van der Waals surface area contributed by atoms with Gasteiger partial charge in [0, 0.05) is 24.3 Å². The largest absolute Gasteiger partial charge is 0.433 e. The van der Waals surface area contributed by atoms with E-state index in [-0.39, 0.29) is 34.5 Å². The Morgan fingerprint density at radius 2 is 1.74 bits per heavy atom. The molecule has 0 aliphatic rings. The van der Waals surface area contributed by atoms with Gasteiger partial charge in [-0.25, -0.2) is 12.8 Å². The van der Waals surface area contributed by atoms with Crippen molar-refractivity contribution in [1.82, 2.24) is 10.3 Å². The number of benzene rings is 2. The van der Waals surface area contributed by atoms with Crippen molar-refractivity contribution >= 4 is 21.4 Å². The summed E-state index contributed by atoms with van der Waals surface area (Å²) in [6, 6.07) is 10.7. The number of sulfone groups is 1. The predicted octanol–water partition coefficient (Wildman–Crippen LogP) is 4.91. The maximum absolute atomic E-state index is 15.2. The minimum atomic E-state index is -4.56. The Balaban J connectivity index is 1.77. The molecule has 0 bridgehead atoms. The minimum absolute atomic E-state index is 0.0141. The summed E-state index contributed by atoms with van der Waals surface area (Å²) in [6.07, 6.45) is -3.47. The molecule has 1 atom stereocenters. The highest BCUT2D eigenvalue weighted by Crippen LogP contribution is 2.29. The van der Waals surface area contributed by atoms with E-state index in [1.807, 2.05) is 0 Å². The lowest BCUT2D eigenvalue weighted by molar-refractivity contribution is -0.141. The van der Waals surface area contributed by atoms with Gasteiger partial charge in [0.1, 0.15) is 11.5 Å². The van der Waals surface area contributed by atoms with Crippen LogP contribution in [0.5, 0.6) is 0 Å². The van der Waals surface area contributed by atoms with Gasteiger partial charge in [-0.15, -0.1) is 0 Å². The smallest absolute Gasteiger partial charge is 0.394 e. The molecule has 0 aliphatic carbocycles. The van der Waals surface area contributed by atoms with Gasteiger partial charge in [-0.2, -0.15) is 13.2 Å². The second-order valence-corrected chi connectivity index (χ2v) is 11.4. The number of aliphatic hydroxyl groups excluding tert-OH is 1. The highest BCUT2D eigenvalue weighted by Gasteiger charge is 2.32. The Labute approximate surface area is 224 Å². The topological polar surface area (TPSA) is 99.6 Å². The number of alkyl halides is 3. The van der Waals surface area contributed by atoms with Gasteiger partial charge in [0.05, 0.1) is 29.0 Å². The number of aromatic nitrogens is 1. The predicted molar refractivity (Wildman–Crippen MR) is 138 cm³/mol. The number of rotatable bonds is 10. The summed E-state index contributed by atoms with van der Waals surface area (Å²) in [6.45, 7) is 4.72. The molecule has 0 saturated carbocycles. The summed E-state index contributed by atoms with van der Waals surface area (Å²) in [5, 5.41) is 12.4. The fourth-order valence-corrected chi connectivity index (χ4v) is 4.74. The number of hydrogen-bond donors (Lipinski definition) is 2. The van der Waals surface area contributed by atoms with Crippen molar-refractivity contribution < 1.29 is 35.9 Å². The summed E-state index contributed by atoms with van der Waals surface area (Å²) in [5.74, 6) is -1.44. The molecule has 0 aliphatic heterocycles. The molecule has 1 amide bonds. The number of pyridine rings is 1. The maximum atomic E-state index is 15.2. The number of carbonyl (C=O) groups is 1. The molecule has 0 saturated heterocycles. The fraction of sp³-hybridized carbons (Fsp3) is 0.333. The van der Waals surface area contributed by atoms with Gasteiger partial charge in [-0.05, 0) is 61.4 Å². The summed E-state index contributed by atoms with van der Waals surface area (Å²) in [7, 11) is -3.41. The van der Waals surface area contributed by atoms with Gasteiger partial charge < -0.3 is 15.3 Å². The first-order chi connectivity index (χ1) is 18.3. The second-order valence-electron chi connectivity index (χ2n) is 9.12. The van der Waals surface area contributed by atoms with E-state index in [4.69, 9.17) is 0 Å². The second kappa shape index (κ2) is 12.1. The number of halogens is 4. The quantitative estimate of drug-likeness (QED) is 0.338. The van der Waals surface area contributed by atoms with E-state index < -0.39 is 46.1 Å². The number of nitrogens with one attached hydrogen (secondary N) is 1. The van der Waals surface area contributed by atoms with Crippen LogP contribution in [0, 0.1) is 5.82 Å². The molecule has 7 nitrogen and oxygen atoms in total. The maximum Gasteiger partial charge on any atom is 0.433 e. The van der Waals surface area contributed by atoms with Gasteiger partial charge in [-0.1, -0.05) is 25.1 Å². The monoisotopic (exact) mass is 567 g/mol. The number of nitrogens with zero attached hydrogens (tertiary/aromatic N) is 2. The fourth-order valence-electron chi connectivity index (χ4n) is 3.86. The summed E-state index contributed by atoms with van der Waals surface area (Å²) < 4.78 is 77.6. The number of amides is 1. The van der Waals surface area contributed by atoms with E-state index in [1.54, 1.807) is 18.7 Å². The molecule has 1 heterocycles.